The fourth-order valence-electron chi connectivity index (χ4n) is 3.26. The van der Waals surface area contributed by atoms with Gasteiger partial charge >= 0.3 is 0 Å². The molecule has 0 spiro atoms. The van der Waals surface area contributed by atoms with Crippen LogP contribution in [0.4, 0.5) is 11.4 Å². The van der Waals surface area contributed by atoms with Gasteiger partial charge in [-0.3, -0.25) is 9.59 Å². The molecule has 4 rings (SSSR count). The minimum Gasteiger partial charge on any atom is -0.326 e. The number of hydrogen-bond acceptors (Lipinski definition) is 5. The lowest BCUT2D eigenvalue weighted by Gasteiger charge is -2.09. The summed E-state index contributed by atoms with van der Waals surface area (Å²) in [6, 6.07) is 21.3. The lowest BCUT2D eigenvalue weighted by molar-refractivity contribution is -0.116. The van der Waals surface area contributed by atoms with Crippen LogP contribution in [0.25, 0.3) is 10.8 Å². The molecule has 2 amide bonds. The molecule has 32 heavy (non-hydrogen) atoms. The minimum absolute atomic E-state index is 0.0974. The summed E-state index contributed by atoms with van der Waals surface area (Å²) in [4.78, 5) is 24.8. The molecule has 0 saturated carbocycles. The number of rotatable bonds is 7. The van der Waals surface area contributed by atoms with Crippen LogP contribution in [0.5, 0.6) is 0 Å². The van der Waals surface area contributed by atoms with Crippen LogP contribution in [0.15, 0.2) is 71.9 Å². The van der Waals surface area contributed by atoms with Gasteiger partial charge < -0.3 is 15.2 Å². The van der Waals surface area contributed by atoms with Crippen molar-refractivity contribution in [3.63, 3.8) is 0 Å². The minimum atomic E-state index is -0.172. The molecule has 0 radical (unpaired) electrons. The summed E-state index contributed by atoms with van der Waals surface area (Å²) in [6.45, 7) is 1.99. The second-order valence-corrected chi connectivity index (χ2v) is 8.35. The van der Waals surface area contributed by atoms with E-state index in [1.165, 1.54) is 11.8 Å². The number of thioether (sulfide) groups is 1. The van der Waals surface area contributed by atoms with E-state index >= 15 is 0 Å². The average molecular weight is 446 g/mol. The molecule has 0 atom stereocenters. The third kappa shape index (κ3) is 5.15. The van der Waals surface area contributed by atoms with Crippen LogP contribution in [-0.2, 0) is 23.1 Å². The number of carbonyl (C=O) groups is 2. The zero-order valence-corrected chi connectivity index (χ0v) is 18.6. The summed E-state index contributed by atoms with van der Waals surface area (Å²) in [7, 11) is 1.79. The molecule has 162 valence electrons. The maximum Gasteiger partial charge on any atom is 0.234 e. The van der Waals surface area contributed by atoms with Crippen molar-refractivity contribution in [2.45, 2.75) is 18.5 Å². The van der Waals surface area contributed by atoms with E-state index in [2.05, 4.69) is 20.8 Å². The predicted molar refractivity (Wildman–Crippen MR) is 128 cm³/mol. The average Bonchev–Trinajstić information content (AvgIpc) is 3.13. The van der Waals surface area contributed by atoms with E-state index in [0.717, 1.165) is 27.7 Å². The number of nitrogens with one attached hydrogen (secondary N) is 2. The molecule has 0 saturated heterocycles. The van der Waals surface area contributed by atoms with Gasteiger partial charge in [-0.25, -0.2) is 0 Å². The first-order valence-corrected chi connectivity index (χ1v) is 11.1. The summed E-state index contributed by atoms with van der Waals surface area (Å²) in [5.41, 5.74) is 2.64. The van der Waals surface area contributed by atoms with Crippen molar-refractivity contribution in [1.29, 1.82) is 0 Å². The number of benzene rings is 3. The Bertz CT molecular complexity index is 1260. The van der Waals surface area contributed by atoms with Gasteiger partial charge in [0.15, 0.2) is 5.16 Å². The number of nitrogens with zero attached hydrogens (tertiary/aromatic N) is 3. The van der Waals surface area contributed by atoms with Crippen molar-refractivity contribution in [3.8, 4) is 0 Å². The summed E-state index contributed by atoms with van der Waals surface area (Å²) < 4.78 is 1.74. The van der Waals surface area contributed by atoms with Gasteiger partial charge in [0.05, 0.1) is 12.2 Å². The Kier molecular flexibility index (Phi) is 6.51. The molecule has 3 aromatic carbocycles. The molecule has 0 aliphatic rings. The van der Waals surface area contributed by atoms with Crippen LogP contribution < -0.4 is 10.6 Å². The first-order chi connectivity index (χ1) is 15.5. The zero-order chi connectivity index (χ0) is 22.5. The van der Waals surface area contributed by atoms with Crippen molar-refractivity contribution in [2.75, 3.05) is 16.4 Å². The van der Waals surface area contributed by atoms with Crippen LogP contribution in [0.1, 0.15) is 11.4 Å². The Morgan fingerprint density at radius 3 is 2.47 bits per heavy atom. The quantitative estimate of drug-likeness (QED) is 0.417. The molecule has 7 nitrogen and oxygen atoms in total. The second kappa shape index (κ2) is 9.65. The van der Waals surface area contributed by atoms with Crippen molar-refractivity contribution in [1.82, 2.24) is 14.8 Å². The third-order valence-corrected chi connectivity index (χ3v) is 6.00. The highest BCUT2D eigenvalue weighted by Crippen LogP contribution is 2.24. The van der Waals surface area contributed by atoms with Crippen LogP contribution in [0, 0.1) is 6.92 Å². The molecule has 0 fully saturated rings. The predicted octanol–water partition coefficient (Wildman–Crippen LogP) is 4.19. The summed E-state index contributed by atoms with van der Waals surface area (Å²) in [6.07, 6.45) is 0.0974. The monoisotopic (exact) mass is 445 g/mol. The van der Waals surface area contributed by atoms with E-state index in [-0.39, 0.29) is 24.0 Å². The Morgan fingerprint density at radius 2 is 1.66 bits per heavy atom. The van der Waals surface area contributed by atoms with Gasteiger partial charge in [0, 0.05) is 23.8 Å². The molecular weight excluding hydrogens is 422 g/mol. The van der Waals surface area contributed by atoms with Crippen molar-refractivity contribution in [3.05, 3.63) is 78.1 Å². The molecule has 1 aromatic heterocycles. The van der Waals surface area contributed by atoms with Gasteiger partial charge in [0.1, 0.15) is 5.82 Å². The highest BCUT2D eigenvalue weighted by atomic mass is 32.2. The molecule has 1 heterocycles. The number of fused-ring (bicyclic) bond motifs is 1. The third-order valence-electron chi connectivity index (χ3n) is 4.98. The molecule has 0 aliphatic heterocycles. The van der Waals surface area contributed by atoms with Gasteiger partial charge in [-0.2, -0.15) is 0 Å². The SMILES string of the molecule is Cc1ccc(NC(=O)Cc2nnc(SCC(=O)Nc3cccc4ccccc34)n2C)cc1. The lowest BCUT2D eigenvalue weighted by Crippen LogP contribution is -2.17. The zero-order valence-electron chi connectivity index (χ0n) is 17.8. The maximum absolute atomic E-state index is 12.5. The van der Waals surface area contributed by atoms with Crippen LogP contribution in [0.3, 0.4) is 0 Å². The van der Waals surface area contributed by atoms with E-state index in [1.807, 2.05) is 73.7 Å². The Labute approximate surface area is 190 Å². The van der Waals surface area contributed by atoms with Gasteiger partial charge in [0.2, 0.25) is 11.8 Å². The van der Waals surface area contributed by atoms with Crippen molar-refractivity contribution >= 4 is 45.7 Å². The van der Waals surface area contributed by atoms with E-state index in [9.17, 15) is 9.59 Å². The van der Waals surface area contributed by atoms with Crippen molar-refractivity contribution < 1.29 is 9.59 Å². The topological polar surface area (TPSA) is 88.9 Å². The Hall–Kier alpha value is -3.65. The molecule has 8 heteroatoms. The molecule has 0 bridgehead atoms. The number of amides is 2. The van der Waals surface area contributed by atoms with E-state index in [4.69, 9.17) is 0 Å². The van der Waals surface area contributed by atoms with E-state index in [1.54, 1.807) is 11.6 Å². The molecule has 4 aromatic rings. The molecule has 0 aliphatic carbocycles. The van der Waals surface area contributed by atoms with Gasteiger partial charge in [-0.15, -0.1) is 10.2 Å². The maximum atomic E-state index is 12.5. The molecule has 0 unspecified atom stereocenters. The summed E-state index contributed by atoms with van der Waals surface area (Å²) in [5.74, 6) is 0.416. The smallest absolute Gasteiger partial charge is 0.234 e. The number of aryl methyl sites for hydroxylation is 1. The largest absolute Gasteiger partial charge is 0.326 e. The second-order valence-electron chi connectivity index (χ2n) is 7.41. The molecule has 2 N–H and O–H groups in total. The molecular formula is C24H23N5O2S. The lowest BCUT2D eigenvalue weighted by atomic mass is 10.1. The Balaban J connectivity index is 1.33. The van der Waals surface area contributed by atoms with Gasteiger partial charge in [0.25, 0.3) is 0 Å². The number of hydrogen-bond donors (Lipinski definition) is 2. The van der Waals surface area contributed by atoms with Gasteiger partial charge in [-0.1, -0.05) is 65.9 Å². The summed E-state index contributed by atoms with van der Waals surface area (Å²) in [5, 5.41) is 16.7. The van der Waals surface area contributed by atoms with Crippen LogP contribution in [-0.4, -0.2) is 32.3 Å². The standard InChI is InChI=1S/C24H23N5O2S/c1-16-10-12-18(13-11-16)25-22(30)14-21-27-28-24(29(21)2)32-15-23(31)26-20-9-5-7-17-6-3-4-8-19(17)20/h3-13H,14-15H2,1-2H3,(H,25,30)(H,26,31). The van der Waals surface area contributed by atoms with E-state index in [0.29, 0.717) is 11.0 Å². The van der Waals surface area contributed by atoms with E-state index < -0.39 is 0 Å². The first kappa shape index (κ1) is 21.6. The number of anilines is 2. The highest BCUT2D eigenvalue weighted by molar-refractivity contribution is 7.99. The van der Waals surface area contributed by atoms with Crippen LogP contribution in [0.2, 0.25) is 0 Å². The van der Waals surface area contributed by atoms with Crippen molar-refractivity contribution in [2.24, 2.45) is 7.05 Å². The van der Waals surface area contributed by atoms with Crippen LogP contribution >= 0.6 is 11.8 Å². The summed E-state index contributed by atoms with van der Waals surface area (Å²) >= 11 is 1.28. The Morgan fingerprint density at radius 1 is 0.906 bits per heavy atom. The van der Waals surface area contributed by atoms with Gasteiger partial charge in [-0.05, 0) is 30.5 Å². The number of carbonyl (C=O) groups excluding carboxylic acids is 2. The fraction of sp³-hybridized carbons (Fsp3) is 0.167. The fourth-order valence-corrected chi connectivity index (χ4v) is 3.99. The normalized spacial score (nSPS) is 10.8. The number of aromatic nitrogens is 3. The first-order valence-electron chi connectivity index (χ1n) is 10.1. The highest BCUT2D eigenvalue weighted by Gasteiger charge is 2.15.